The van der Waals surface area contributed by atoms with Gasteiger partial charge >= 0.3 is 0 Å². The van der Waals surface area contributed by atoms with E-state index in [9.17, 15) is 0 Å². The molecule has 1 aromatic heterocycles. The lowest BCUT2D eigenvalue weighted by atomic mass is 10.1. The van der Waals surface area contributed by atoms with Crippen LogP contribution in [0.3, 0.4) is 0 Å². The standard InChI is InChI=1S/C21H22NO4.ClHO4/c1-23-16-5-3-15(4-6-16)21-14-19(22-9-11-25-12-10-22)18-13-17(24-2)7-8-20(18)26-21;2-1(3,4)5/h3-8,13-14H,9-12H2,1-2H3;(H,2,3,4,5)/q+1;/p-1. The monoisotopic (exact) mass is 451 g/mol. The molecule has 3 aromatic rings. The van der Waals surface area contributed by atoms with Crippen molar-refractivity contribution in [3.8, 4) is 22.8 Å². The number of hydrogen-bond donors (Lipinski definition) is 0. The number of ether oxygens (including phenoxy) is 3. The molecule has 9 nitrogen and oxygen atoms in total. The maximum atomic E-state index is 8.49. The summed E-state index contributed by atoms with van der Waals surface area (Å²) in [5, 5.41) is 2.18. The van der Waals surface area contributed by atoms with Crippen LogP contribution in [0.15, 0.2) is 52.9 Å². The number of fused-ring (bicyclic) bond motifs is 1. The maximum Gasteiger partial charge on any atom is 0.215 e. The molecule has 0 spiro atoms. The zero-order chi connectivity index (χ0) is 22.4. The Morgan fingerprint density at radius 3 is 2.00 bits per heavy atom. The number of rotatable bonds is 3. The van der Waals surface area contributed by atoms with Crippen molar-refractivity contribution in [2.75, 3.05) is 40.5 Å². The first kappa shape index (κ1) is 23.0. The third kappa shape index (κ3) is 6.41. The van der Waals surface area contributed by atoms with E-state index in [4.69, 9.17) is 37.3 Å². The Labute approximate surface area is 180 Å². The number of benzene rings is 2. The Bertz CT molecular complexity index is 1080. The van der Waals surface area contributed by atoms with E-state index in [1.165, 1.54) is 0 Å². The highest BCUT2D eigenvalue weighted by Crippen LogP contribution is 2.26. The molecular weight excluding hydrogens is 430 g/mol. The predicted octanol–water partition coefficient (Wildman–Crippen LogP) is -1.84. The van der Waals surface area contributed by atoms with Crippen LogP contribution in [0.1, 0.15) is 0 Å². The smallest absolute Gasteiger partial charge is 0.215 e. The average molecular weight is 452 g/mol. The highest BCUT2D eigenvalue weighted by Gasteiger charge is 2.17. The number of methoxy groups -OCH3 is 2. The van der Waals surface area contributed by atoms with Crippen LogP contribution in [-0.4, -0.2) is 40.5 Å². The van der Waals surface area contributed by atoms with E-state index in [2.05, 4.69) is 10.6 Å². The van der Waals surface area contributed by atoms with Crippen LogP contribution < -0.4 is 38.0 Å². The molecule has 0 amide bonds. The lowest BCUT2D eigenvalue weighted by molar-refractivity contribution is -2.00. The summed E-state index contributed by atoms with van der Waals surface area (Å²) in [5.41, 5.74) is 1.85. The molecule has 166 valence electrons. The maximum absolute atomic E-state index is 8.49. The third-order valence-corrected chi connectivity index (χ3v) is 4.68. The van der Waals surface area contributed by atoms with Crippen molar-refractivity contribution in [3.05, 3.63) is 53.9 Å². The molecule has 4 rings (SSSR count). The summed E-state index contributed by atoms with van der Waals surface area (Å²) in [6, 6.07) is 15.9. The fourth-order valence-electron chi connectivity index (χ4n) is 3.24. The Morgan fingerprint density at radius 1 is 0.839 bits per heavy atom. The molecule has 0 aliphatic carbocycles. The van der Waals surface area contributed by atoms with Gasteiger partial charge < -0.3 is 18.6 Å². The first-order chi connectivity index (χ1) is 14.8. The van der Waals surface area contributed by atoms with E-state index in [0.717, 1.165) is 65.5 Å². The summed E-state index contributed by atoms with van der Waals surface area (Å²) >= 11 is 0. The van der Waals surface area contributed by atoms with Crippen LogP contribution in [-0.2, 0) is 4.74 Å². The summed E-state index contributed by atoms with van der Waals surface area (Å²) in [4.78, 5) is 0. The highest BCUT2D eigenvalue weighted by molar-refractivity contribution is 5.80. The topological polar surface area (TPSA) is 136 Å². The Morgan fingerprint density at radius 2 is 1.42 bits per heavy atom. The highest BCUT2D eigenvalue weighted by atomic mass is 35.7. The van der Waals surface area contributed by atoms with Crippen LogP contribution in [0, 0.1) is 10.2 Å². The minimum Gasteiger partial charge on any atom is -0.497 e. The quantitative estimate of drug-likeness (QED) is 0.424. The van der Waals surface area contributed by atoms with E-state index in [1.807, 2.05) is 42.5 Å². The van der Waals surface area contributed by atoms with Crippen molar-refractivity contribution < 1.29 is 47.5 Å². The van der Waals surface area contributed by atoms with Crippen molar-refractivity contribution in [1.82, 2.24) is 4.58 Å². The summed E-state index contributed by atoms with van der Waals surface area (Å²) in [6.45, 7) is 3.18. The first-order valence-corrected chi connectivity index (χ1v) is 10.6. The molecule has 0 atom stereocenters. The van der Waals surface area contributed by atoms with Crippen LogP contribution in [0.5, 0.6) is 11.5 Å². The summed E-state index contributed by atoms with van der Waals surface area (Å²) in [6.07, 6.45) is 0. The number of hydrogen-bond acceptors (Lipinski definition) is 8. The van der Waals surface area contributed by atoms with Gasteiger partial charge in [-0.15, -0.1) is 10.2 Å². The molecule has 2 aromatic carbocycles. The molecule has 0 radical (unpaired) electrons. The van der Waals surface area contributed by atoms with E-state index in [1.54, 1.807) is 14.2 Å². The van der Waals surface area contributed by atoms with E-state index in [0.29, 0.717) is 0 Å². The van der Waals surface area contributed by atoms with Gasteiger partial charge in [0.05, 0.1) is 25.7 Å². The number of morpholine rings is 1. The second-order valence-electron chi connectivity index (χ2n) is 6.56. The number of nitrogens with zero attached hydrogens (tertiary/aromatic N) is 1. The summed E-state index contributed by atoms with van der Waals surface area (Å²) in [5.74, 6) is 2.47. The van der Waals surface area contributed by atoms with Crippen molar-refractivity contribution in [2.45, 2.75) is 0 Å². The third-order valence-electron chi connectivity index (χ3n) is 4.68. The lowest BCUT2D eigenvalue weighted by Gasteiger charge is -2.17. The van der Waals surface area contributed by atoms with Gasteiger partial charge in [0.1, 0.15) is 36.1 Å². The molecule has 0 N–H and O–H groups in total. The van der Waals surface area contributed by atoms with Gasteiger partial charge in [-0.3, -0.25) is 0 Å². The largest absolute Gasteiger partial charge is 0.497 e. The van der Waals surface area contributed by atoms with Gasteiger partial charge in [0.25, 0.3) is 0 Å². The van der Waals surface area contributed by atoms with Crippen LogP contribution in [0.4, 0.5) is 0 Å². The molecule has 0 unspecified atom stereocenters. The molecular formula is C21H22ClNO8. The van der Waals surface area contributed by atoms with Crippen LogP contribution >= 0.6 is 0 Å². The molecule has 1 aliphatic rings. The zero-order valence-corrected chi connectivity index (χ0v) is 17.8. The van der Waals surface area contributed by atoms with Crippen molar-refractivity contribution in [3.63, 3.8) is 0 Å². The SMILES string of the molecule is COc1ccc(-c2cc(=[N+]3CCOCC3)c3cc(OC)ccc3o2)cc1.[O-][Cl+3]([O-])([O-])[O-]. The van der Waals surface area contributed by atoms with E-state index >= 15 is 0 Å². The van der Waals surface area contributed by atoms with E-state index in [-0.39, 0.29) is 0 Å². The average Bonchev–Trinajstić information content (AvgIpc) is 2.77. The number of halogens is 1. The van der Waals surface area contributed by atoms with Gasteiger partial charge in [0.15, 0.2) is 13.1 Å². The molecule has 1 aliphatic heterocycles. The van der Waals surface area contributed by atoms with Gasteiger partial charge in [0.2, 0.25) is 5.36 Å². The predicted molar refractivity (Wildman–Crippen MR) is 101 cm³/mol. The fraction of sp³-hybridized carbons (Fsp3) is 0.286. The lowest BCUT2D eigenvalue weighted by Crippen LogP contribution is -2.68. The van der Waals surface area contributed by atoms with Crippen molar-refractivity contribution >= 4 is 11.0 Å². The molecule has 2 heterocycles. The van der Waals surface area contributed by atoms with Crippen LogP contribution in [0.25, 0.3) is 22.3 Å². The molecule has 1 fully saturated rings. The fourth-order valence-corrected chi connectivity index (χ4v) is 3.24. The van der Waals surface area contributed by atoms with Crippen molar-refractivity contribution in [2.24, 2.45) is 0 Å². The Balaban J connectivity index is 0.000000491. The Kier molecular flexibility index (Phi) is 7.50. The van der Waals surface area contributed by atoms with Crippen molar-refractivity contribution in [1.29, 1.82) is 0 Å². The molecule has 0 saturated carbocycles. The van der Waals surface area contributed by atoms with E-state index < -0.39 is 10.2 Å². The molecule has 1 saturated heterocycles. The molecule has 0 bridgehead atoms. The Hall–Kier alpha value is -2.66. The van der Waals surface area contributed by atoms with Gasteiger partial charge in [0, 0.05) is 5.56 Å². The first-order valence-electron chi connectivity index (χ1n) is 9.32. The molecule has 31 heavy (non-hydrogen) atoms. The minimum atomic E-state index is -4.94. The zero-order valence-electron chi connectivity index (χ0n) is 17.0. The summed E-state index contributed by atoms with van der Waals surface area (Å²) < 4.78 is 58.7. The molecule has 10 heteroatoms. The second-order valence-corrected chi connectivity index (χ2v) is 7.32. The van der Waals surface area contributed by atoms with Gasteiger partial charge in [-0.2, -0.15) is 0 Å². The van der Waals surface area contributed by atoms with Gasteiger partial charge in [-0.1, -0.05) is 0 Å². The van der Waals surface area contributed by atoms with Gasteiger partial charge in [-0.25, -0.2) is 23.2 Å². The van der Waals surface area contributed by atoms with Gasteiger partial charge in [-0.05, 0) is 42.5 Å². The second kappa shape index (κ2) is 10.1. The minimum absolute atomic E-state index is 0.732. The summed E-state index contributed by atoms with van der Waals surface area (Å²) in [7, 11) is -1.60. The van der Waals surface area contributed by atoms with Crippen LogP contribution in [0.2, 0.25) is 0 Å². The normalized spacial score (nSPS) is 14.1.